The fourth-order valence-electron chi connectivity index (χ4n) is 1.80. The SMILES string of the molecule is COC(=O)N1CCC(NCc2cncs2)C1. The summed E-state index contributed by atoms with van der Waals surface area (Å²) in [5.41, 5.74) is 1.83. The van der Waals surface area contributed by atoms with Crippen LogP contribution in [0.4, 0.5) is 4.79 Å². The van der Waals surface area contributed by atoms with Crippen molar-refractivity contribution in [3.8, 4) is 0 Å². The van der Waals surface area contributed by atoms with E-state index in [4.69, 9.17) is 0 Å². The molecule has 1 N–H and O–H groups in total. The molecule has 88 valence electrons. The van der Waals surface area contributed by atoms with Crippen molar-refractivity contribution in [3.63, 3.8) is 0 Å². The van der Waals surface area contributed by atoms with Crippen molar-refractivity contribution in [1.29, 1.82) is 0 Å². The Morgan fingerprint density at radius 2 is 2.69 bits per heavy atom. The average Bonchev–Trinajstić information content (AvgIpc) is 2.96. The first-order valence-electron chi connectivity index (χ1n) is 5.23. The van der Waals surface area contributed by atoms with E-state index < -0.39 is 0 Å². The van der Waals surface area contributed by atoms with Gasteiger partial charge in [-0.05, 0) is 6.42 Å². The van der Waals surface area contributed by atoms with Gasteiger partial charge < -0.3 is 15.0 Å². The van der Waals surface area contributed by atoms with Crippen molar-refractivity contribution in [2.24, 2.45) is 0 Å². The minimum atomic E-state index is -0.234. The van der Waals surface area contributed by atoms with E-state index in [0.29, 0.717) is 6.04 Å². The molecule has 6 heteroatoms. The van der Waals surface area contributed by atoms with Crippen LogP contribution in [0.3, 0.4) is 0 Å². The van der Waals surface area contributed by atoms with E-state index in [1.807, 2.05) is 11.7 Å². The van der Waals surface area contributed by atoms with Gasteiger partial charge in [0, 0.05) is 36.8 Å². The Hall–Kier alpha value is -1.14. The molecule has 0 aromatic carbocycles. The van der Waals surface area contributed by atoms with E-state index in [2.05, 4.69) is 15.0 Å². The maximum Gasteiger partial charge on any atom is 0.409 e. The zero-order valence-electron chi connectivity index (χ0n) is 9.18. The topological polar surface area (TPSA) is 54.5 Å². The molecule has 2 heterocycles. The molecule has 2 rings (SSSR count). The summed E-state index contributed by atoms with van der Waals surface area (Å²) >= 11 is 1.64. The number of amides is 1. The van der Waals surface area contributed by atoms with Gasteiger partial charge in [0.25, 0.3) is 0 Å². The molecule has 1 aliphatic heterocycles. The number of nitrogens with one attached hydrogen (secondary N) is 1. The standard InChI is InChI=1S/C10H15N3O2S/c1-15-10(14)13-3-2-8(6-13)12-5-9-4-11-7-16-9/h4,7-8,12H,2-3,5-6H2,1H3. The first-order chi connectivity index (χ1) is 7.79. The largest absolute Gasteiger partial charge is 0.453 e. The molecule has 0 spiro atoms. The zero-order chi connectivity index (χ0) is 11.4. The number of carbonyl (C=O) groups is 1. The molecule has 1 saturated heterocycles. The third-order valence-electron chi connectivity index (χ3n) is 2.67. The van der Waals surface area contributed by atoms with Crippen LogP contribution in [0.25, 0.3) is 0 Å². The van der Waals surface area contributed by atoms with E-state index in [9.17, 15) is 4.79 Å². The number of hydrogen-bond acceptors (Lipinski definition) is 5. The quantitative estimate of drug-likeness (QED) is 0.860. The fraction of sp³-hybridized carbons (Fsp3) is 0.600. The molecular weight excluding hydrogens is 226 g/mol. The minimum Gasteiger partial charge on any atom is -0.453 e. The third-order valence-corrected chi connectivity index (χ3v) is 3.45. The number of nitrogens with zero attached hydrogens (tertiary/aromatic N) is 2. The molecule has 1 fully saturated rings. The Labute approximate surface area is 98.4 Å². The summed E-state index contributed by atoms with van der Waals surface area (Å²) in [6.45, 7) is 2.32. The molecule has 1 unspecified atom stereocenters. The highest BCUT2D eigenvalue weighted by Gasteiger charge is 2.26. The van der Waals surface area contributed by atoms with Crippen LogP contribution in [0.5, 0.6) is 0 Å². The van der Waals surface area contributed by atoms with Gasteiger partial charge in [0.05, 0.1) is 12.6 Å². The molecule has 16 heavy (non-hydrogen) atoms. The summed E-state index contributed by atoms with van der Waals surface area (Å²) in [5.74, 6) is 0. The smallest absolute Gasteiger partial charge is 0.409 e. The van der Waals surface area contributed by atoms with Crippen molar-refractivity contribution in [2.45, 2.75) is 19.0 Å². The predicted octanol–water partition coefficient (Wildman–Crippen LogP) is 1.07. The Morgan fingerprint density at radius 3 is 3.38 bits per heavy atom. The van der Waals surface area contributed by atoms with Gasteiger partial charge in [-0.3, -0.25) is 4.98 Å². The van der Waals surface area contributed by atoms with Crippen molar-refractivity contribution >= 4 is 17.4 Å². The third kappa shape index (κ3) is 2.70. The summed E-state index contributed by atoms with van der Waals surface area (Å²) in [7, 11) is 1.42. The number of ether oxygens (including phenoxy) is 1. The molecule has 0 bridgehead atoms. The molecular formula is C10H15N3O2S. The van der Waals surface area contributed by atoms with Crippen LogP contribution in [0, 0.1) is 0 Å². The van der Waals surface area contributed by atoms with Crippen molar-refractivity contribution in [1.82, 2.24) is 15.2 Å². The van der Waals surface area contributed by atoms with Crippen molar-refractivity contribution in [3.05, 3.63) is 16.6 Å². The molecule has 1 amide bonds. The lowest BCUT2D eigenvalue weighted by Gasteiger charge is -2.15. The number of carbonyl (C=O) groups excluding carboxylic acids is 1. The number of rotatable bonds is 3. The predicted molar refractivity (Wildman–Crippen MR) is 61.3 cm³/mol. The second-order valence-electron chi connectivity index (χ2n) is 3.75. The lowest BCUT2D eigenvalue weighted by Crippen LogP contribution is -2.34. The second-order valence-corrected chi connectivity index (χ2v) is 4.72. The van der Waals surface area contributed by atoms with E-state index in [1.165, 1.54) is 12.0 Å². The van der Waals surface area contributed by atoms with Crippen LogP contribution in [0.15, 0.2) is 11.7 Å². The van der Waals surface area contributed by atoms with Gasteiger partial charge in [0.15, 0.2) is 0 Å². The van der Waals surface area contributed by atoms with Crippen LogP contribution < -0.4 is 5.32 Å². The van der Waals surface area contributed by atoms with Gasteiger partial charge in [0.2, 0.25) is 0 Å². The van der Waals surface area contributed by atoms with Gasteiger partial charge in [-0.25, -0.2) is 4.79 Å². The Balaban J connectivity index is 1.75. The van der Waals surface area contributed by atoms with Crippen LogP contribution in [-0.4, -0.2) is 42.2 Å². The fourth-order valence-corrected chi connectivity index (χ4v) is 2.34. The number of thiazole rings is 1. The monoisotopic (exact) mass is 241 g/mol. The second kappa shape index (κ2) is 5.27. The minimum absolute atomic E-state index is 0.234. The molecule has 1 aromatic rings. The normalized spacial score (nSPS) is 20.1. The van der Waals surface area contributed by atoms with Gasteiger partial charge in [0.1, 0.15) is 0 Å². The first kappa shape index (κ1) is 11.3. The summed E-state index contributed by atoms with van der Waals surface area (Å²) in [4.78, 5) is 18.2. The Morgan fingerprint density at radius 1 is 1.81 bits per heavy atom. The molecule has 1 aliphatic rings. The van der Waals surface area contributed by atoms with Gasteiger partial charge >= 0.3 is 6.09 Å². The Bertz CT molecular complexity index is 342. The maximum absolute atomic E-state index is 11.3. The van der Waals surface area contributed by atoms with Crippen LogP contribution in [0.1, 0.15) is 11.3 Å². The average molecular weight is 241 g/mol. The number of hydrogen-bond donors (Lipinski definition) is 1. The summed E-state index contributed by atoms with van der Waals surface area (Å²) in [5, 5.41) is 3.41. The molecule has 0 aliphatic carbocycles. The van der Waals surface area contributed by atoms with Crippen molar-refractivity contribution in [2.75, 3.05) is 20.2 Å². The zero-order valence-corrected chi connectivity index (χ0v) is 10.00. The lowest BCUT2D eigenvalue weighted by atomic mass is 10.2. The van der Waals surface area contributed by atoms with E-state index in [1.54, 1.807) is 16.2 Å². The maximum atomic E-state index is 11.3. The van der Waals surface area contributed by atoms with Gasteiger partial charge in [-0.15, -0.1) is 11.3 Å². The lowest BCUT2D eigenvalue weighted by molar-refractivity contribution is 0.132. The summed E-state index contributed by atoms with van der Waals surface area (Å²) < 4.78 is 4.68. The van der Waals surface area contributed by atoms with Crippen LogP contribution in [-0.2, 0) is 11.3 Å². The molecule has 5 nitrogen and oxygen atoms in total. The van der Waals surface area contributed by atoms with Gasteiger partial charge in [-0.2, -0.15) is 0 Å². The summed E-state index contributed by atoms with van der Waals surface area (Å²) in [6.07, 6.45) is 2.61. The molecule has 1 atom stereocenters. The van der Waals surface area contributed by atoms with E-state index in [-0.39, 0.29) is 6.09 Å². The highest BCUT2D eigenvalue weighted by atomic mass is 32.1. The molecule has 1 aromatic heterocycles. The Kier molecular flexibility index (Phi) is 3.74. The van der Waals surface area contributed by atoms with E-state index in [0.717, 1.165) is 26.1 Å². The number of methoxy groups -OCH3 is 1. The number of likely N-dealkylation sites (tertiary alicyclic amines) is 1. The molecule has 0 radical (unpaired) electrons. The van der Waals surface area contributed by atoms with Crippen LogP contribution in [0.2, 0.25) is 0 Å². The highest BCUT2D eigenvalue weighted by molar-refractivity contribution is 7.09. The highest BCUT2D eigenvalue weighted by Crippen LogP contribution is 2.12. The molecule has 0 saturated carbocycles. The first-order valence-corrected chi connectivity index (χ1v) is 6.11. The summed E-state index contributed by atoms with van der Waals surface area (Å²) in [6, 6.07) is 0.362. The number of aromatic nitrogens is 1. The van der Waals surface area contributed by atoms with Gasteiger partial charge in [-0.1, -0.05) is 0 Å². The van der Waals surface area contributed by atoms with Crippen molar-refractivity contribution < 1.29 is 9.53 Å². The van der Waals surface area contributed by atoms with E-state index >= 15 is 0 Å². The van der Waals surface area contributed by atoms with Crippen LogP contribution >= 0.6 is 11.3 Å².